The predicted molar refractivity (Wildman–Crippen MR) is 116 cm³/mol. The first-order chi connectivity index (χ1) is 13.8. The van der Waals surface area contributed by atoms with Crippen molar-refractivity contribution in [3.05, 3.63) is 0 Å². The zero-order chi connectivity index (χ0) is 23.6. The van der Waals surface area contributed by atoms with E-state index in [1.54, 1.807) is 0 Å². The standard InChI is InChI=1S/C19H36N4O6S/c1-6-10(4)14(20)17(26)21-12(7-9(2)3)16(25)23-15(11(5)24)18(27)22-13(8-30)19(28)29/h9-15,24,30H,6-8,20H2,1-5H3,(H,21,26)(H,22,27)(H,23,25)(H,28,29). The molecule has 6 unspecified atom stereocenters. The van der Waals surface area contributed by atoms with Crippen LogP contribution in [0.1, 0.15) is 47.5 Å². The number of aliphatic carboxylic acids is 1. The van der Waals surface area contributed by atoms with Gasteiger partial charge in [-0.05, 0) is 25.2 Å². The highest BCUT2D eigenvalue weighted by atomic mass is 32.1. The number of carbonyl (C=O) groups is 4. The van der Waals surface area contributed by atoms with Gasteiger partial charge in [0.15, 0.2) is 0 Å². The van der Waals surface area contributed by atoms with Gasteiger partial charge in [0.2, 0.25) is 17.7 Å². The number of aliphatic hydroxyl groups excluding tert-OH is 1. The van der Waals surface area contributed by atoms with Crippen LogP contribution in [0.25, 0.3) is 0 Å². The van der Waals surface area contributed by atoms with Crippen LogP contribution in [0.2, 0.25) is 0 Å². The lowest BCUT2D eigenvalue weighted by Crippen LogP contribution is -2.60. The van der Waals surface area contributed by atoms with Gasteiger partial charge < -0.3 is 31.9 Å². The van der Waals surface area contributed by atoms with Gasteiger partial charge in [0.1, 0.15) is 18.1 Å². The second-order valence-corrected chi connectivity index (χ2v) is 8.28. The van der Waals surface area contributed by atoms with Crippen molar-refractivity contribution in [1.82, 2.24) is 16.0 Å². The molecule has 0 aliphatic carbocycles. The van der Waals surface area contributed by atoms with E-state index < -0.39 is 54.0 Å². The molecule has 0 rings (SSSR count). The third-order valence-corrected chi connectivity index (χ3v) is 5.12. The van der Waals surface area contributed by atoms with Crippen LogP contribution in [0, 0.1) is 11.8 Å². The topological polar surface area (TPSA) is 171 Å². The van der Waals surface area contributed by atoms with E-state index in [4.69, 9.17) is 10.8 Å². The minimum Gasteiger partial charge on any atom is -0.480 e. The molecule has 6 atom stereocenters. The number of hydrogen-bond donors (Lipinski definition) is 7. The van der Waals surface area contributed by atoms with Gasteiger partial charge in [-0.15, -0.1) is 0 Å². The van der Waals surface area contributed by atoms with Crippen molar-refractivity contribution in [2.75, 3.05) is 5.75 Å². The van der Waals surface area contributed by atoms with Gasteiger partial charge in [0, 0.05) is 5.75 Å². The van der Waals surface area contributed by atoms with Gasteiger partial charge in [-0.1, -0.05) is 34.1 Å². The average molecular weight is 449 g/mol. The minimum absolute atomic E-state index is 0.0419. The Morgan fingerprint density at radius 1 is 0.933 bits per heavy atom. The van der Waals surface area contributed by atoms with Gasteiger partial charge in [0.05, 0.1) is 12.1 Å². The van der Waals surface area contributed by atoms with E-state index in [-0.39, 0.29) is 24.0 Å². The molecular weight excluding hydrogens is 412 g/mol. The second kappa shape index (κ2) is 13.5. The number of nitrogens with one attached hydrogen (secondary N) is 3. The number of nitrogens with two attached hydrogens (primary N) is 1. The molecule has 0 aromatic heterocycles. The van der Waals surface area contributed by atoms with Crippen LogP contribution in [-0.4, -0.2) is 69.9 Å². The van der Waals surface area contributed by atoms with Crippen molar-refractivity contribution in [3.8, 4) is 0 Å². The van der Waals surface area contributed by atoms with Crippen LogP contribution in [-0.2, 0) is 19.2 Å². The first-order valence-electron chi connectivity index (χ1n) is 10.0. The predicted octanol–water partition coefficient (Wildman–Crippen LogP) is -0.744. The Balaban J connectivity index is 5.38. The molecule has 0 saturated carbocycles. The van der Waals surface area contributed by atoms with Crippen LogP contribution in [0.15, 0.2) is 0 Å². The Kier molecular flexibility index (Phi) is 12.6. The molecule has 0 aromatic rings. The summed E-state index contributed by atoms with van der Waals surface area (Å²) < 4.78 is 0. The summed E-state index contributed by atoms with van der Waals surface area (Å²) in [7, 11) is 0. The van der Waals surface area contributed by atoms with E-state index in [1.165, 1.54) is 6.92 Å². The Morgan fingerprint density at radius 2 is 1.47 bits per heavy atom. The molecule has 174 valence electrons. The molecule has 0 radical (unpaired) electrons. The fraction of sp³-hybridized carbons (Fsp3) is 0.789. The molecule has 0 spiro atoms. The number of carboxylic acid groups (broad SMARTS) is 1. The van der Waals surface area contributed by atoms with E-state index in [0.717, 1.165) is 0 Å². The van der Waals surface area contributed by atoms with Crippen molar-refractivity contribution in [3.63, 3.8) is 0 Å². The molecule has 10 nitrogen and oxygen atoms in total. The minimum atomic E-state index is -1.41. The smallest absolute Gasteiger partial charge is 0.327 e. The maximum atomic E-state index is 12.8. The van der Waals surface area contributed by atoms with Crippen molar-refractivity contribution in [2.24, 2.45) is 17.6 Å². The lowest BCUT2D eigenvalue weighted by Gasteiger charge is -2.27. The van der Waals surface area contributed by atoms with Crippen LogP contribution >= 0.6 is 12.6 Å². The molecule has 0 saturated heterocycles. The summed E-state index contributed by atoms with van der Waals surface area (Å²) in [6.07, 6.45) is -0.329. The van der Waals surface area contributed by atoms with E-state index in [0.29, 0.717) is 6.42 Å². The maximum Gasteiger partial charge on any atom is 0.327 e. The van der Waals surface area contributed by atoms with E-state index >= 15 is 0 Å². The highest BCUT2D eigenvalue weighted by molar-refractivity contribution is 7.80. The average Bonchev–Trinajstić information content (AvgIpc) is 2.66. The molecule has 30 heavy (non-hydrogen) atoms. The van der Waals surface area contributed by atoms with Gasteiger partial charge >= 0.3 is 5.97 Å². The summed E-state index contributed by atoms with van der Waals surface area (Å²) in [6.45, 7) is 8.75. The molecule has 3 amide bonds. The Morgan fingerprint density at radius 3 is 1.87 bits per heavy atom. The monoisotopic (exact) mass is 448 g/mol. The van der Waals surface area contributed by atoms with Crippen molar-refractivity contribution in [2.45, 2.75) is 77.7 Å². The second-order valence-electron chi connectivity index (χ2n) is 7.91. The summed E-state index contributed by atoms with van der Waals surface area (Å²) in [6, 6.07) is -4.45. The van der Waals surface area contributed by atoms with Crippen molar-refractivity contribution in [1.29, 1.82) is 0 Å². The molecule has 7 N–H and O–H groups in total. The van der Waals surface area contributed by atoms with Crippen LogP contribution in [0.4, 0.5) is 0 Å². The highest BCUT2D eigenvalue weighted by Crippen LogP contribution is 2.09. The zero-order valence-electron chi connectivity index (χ0n) is 18.2. The van der Waals surface area contributed by atoms with E-state index in [2.05, 4.69) is 28.6 Å². The van der Waals surface area contributed by atoms with Crippen molar-refractivity contribution < 1.29 is 29.4 Å². The Labute approximate surface area is 183 Å². The molecule has 0 aliphatic heterocycles. The van der Waals surface area contributed by atoms with E-state index in [1.807, 2.05) is 27.7 Å². The largest absolute Gasteiger partial charge is 0.480 e. The molecule has 0 bridgehead atoms. The molecule has 0 aromatic carbocycles. The number of rotatable bonds is 13. The van der Waals surface area contributed by atoms with Gasteiger partial charge in [-0.2, -0.15) is 12.6 Å². The van der Waals surface area contributed by atoms with Gasteiger partial charge in [-0.3, -0.25) is 14.4 Å². The summed E-state index contributed by atoms with van der Waals surface area (Å²) >= 11 is 3.87. The highest BCUT2D eigenvalue weighted by Gasteiger charge is 2.33. The fourth-order valence-corrected chi connectivity index (χ4v) is 2.84. The lowest BCUT2D eigenvalue weighted by atomic mass is 9.97. The van der Waals surface area contributed by atoms with Gasteiger partial charge in [0.25, 0.3) is 0 Å². The zero-order valence-corrected chi connectivity index (χ0v) is 19.1. The van der Waals surface area contributed by atoms with Crippen LogP contribution < -0.4 is 21.7 Å². The number of thiol groups is 1. The fourth-order valence-electron chi connectivity index (χ4n) is 2.59. The Hall–Kier alpha value is -1.85. The summed E-state index contributed by atoms with van der Waals surface area (Å²) in [5.74, 6) is -3.53. The number of carboxylic acids is 1. The molecular formula is C19H36N4O6S. The van der Waals surface area contributed by atoms with Crippen molar-refractivity contribution >= 4 is 36.3 Å². The summed E-state index contributed by atoms with van der Waals surface area (Å²) in [5, 5.41) is 26.2. The molecule has 0 fully saturated rings. The number of amides is 3. The summed E-state index contributed by atoms with van der Waals surface area (Å²) in [5.41, 5.74) is 5.94. The molecule has 11 heteroatoms. The SMILES string of the molecule is CCC(C)C(N)C(=O)NC(CC(C)C)C(=O)NC(C(=O)NC(CS)C(=O)O)C(C)O. The maximum absolute atomic E-state index is 12.8. The number of carbonyl (C=O) groups excluding carboxylic acids is 3. The molecule has 0 aliphatic rings. The third kappa shape index (κ3) is 9.31. The Bertz CT molecular complexity index is 602. The number of hydrogen-bond acceptors (Lipinski definition) is 7. The van der Waals surface area contributed by atoms with E-state index in [9.17, 15) is 24.3 Å². The molecule has 0 heterocycles. The third-order valence-electron chi connectivity index (χ3n) is 4.76. The first kappa shape index (κ1) is 28.1. The summed E-state index contributed by atoms with van der Waals surface area (Å²) in [4.78, 5) is 48.7. The lowest BCUT2D eigenvalue weighted by molar-refractivity contribution is -0.142. The quantitative estimate of drug-likeness (QED) is 0.182. The van der Waals surface area contributed by atoms with Gasteiger partial charge in [-0.25, -0.2) is 4.79 Å². The van der Waals surface area contributed by atoms with Crippen LogP contribution in [0.5, 0.6) is 0 Å². The van der Waals surface area contributed by atoms with Crippen LogP contribution in [0.3, 0.4) is 0 Å². The number of aliphatic hydroxyl groups is 1. The first-order valence-corrected chi connectivity index (χ1v) is 10.7. The normalized spacial score (nSPS) is 17.2.